The zero-order valence-electron chi connectivity index (χ0n) is 27.8. The summed E-state index contributed by atoms with van der Waals surface area (Å²) in [5.41, 5.74) is 5.76. The first-order valence-electron chi connectivity index (χ1n) is 17.2. The van der Waals surface area contributed by atoms with E-state index >= 15 is 0 Å². The van der Waals surface area contributed by atoms with Crippen LogP contribution < -0.4 is 5.56 Å². The molecule has 1 aliphatic heterocycles. The second kappa shape index (κ2) is 13.4. The summed E-state index contributed by atoms with van der Waals surface area (Å²) in [4.78, 5) is 28.2. The van der Waals surface area contributed by atoms with Crippen LogP contribution in [0.15, 0.2) is 53.3 Å². The molecule has 3 heterocycles. The van der Waals surface area contributed by atoms with Gasteiger partial charge in [-0.2, -0.15) is 5.21 Å². The summed E-state index contributed by atoms with van der Waals surface area (Å²) in [5.74, 6) is 0.475. The molecule has 1 fully saturated rings. The van der Waals surface area contributed by atoms with Crippen LogP contribution in [0.3, 0.4) is 0 Å². The molecule has 46 heavy (non-hydrogen) atoms. The number of rotatable bonds is 11. The van der Waals surface area contributed by atoms with Crippen molar-refractivity contribution >= 4 is 5.97 Å². The Hall–Kier alpha value is -4.01. The van der Waals surface area contributed by atoms with E-state index in [1.165, 1.54) is 0 Å². The van der Waals surface area contributed by atoms with Crippen molar-refractivity contribution in [1.82, 2.24) is 30.0 Å². The molecule has 0 radical (unpaired) electrons. The Bertz CT molecular complexity index is 1690. The minimum Gasteiger partial charge on any atom is -0.466 e. The Balaban J connectivity index is 1.38. The summed E-state index contributed by atoms with van der Waals surface area (Å²) in [6, 6.07) is 16.4. The minimum atomic E-state index is -0.607. The number of fused-ring (bicyclic) bond motifs is 1. The first-order valence-corrected chi connectivity index (χ1v) is 17.2. The van der Waals surface area contributed by atoms with Gasteiger partial charge in [0.25, 0.3) is 5.56 Å². The van der Waals surface area contributed by atoms with Gasteiger partial charge in [0.2, 0.25) is 5.82 Å². The number of aromatic nitrogens is 6. The number of ether oxygens (including phenoxy) is 1. The molecule has 0 saturated heterocycles. The Morgan fingerprint density at radius 3 is 2.41 bits per heavy atom. The number of tetrazole rings is 1. The predicted octanol–water partition coefficient (Wildman–Crippen LogP) is 7.31. The highest BCUT2D eigenvalue weighted by Gasteiger charge is 2.53. The fourth-order valence-corrected chi connectivity index (χ4v) is 7.81. The Labute approximate surface area is 271 Å². The van der Waals surface area contributed by atoms with Gasteiger partial charge in [-0.3, -0.25) is 14.3 Å². The molecular weight excluding hydrogens is 576 g/mol. The van der Waals surface area contributed by atoms with E-state index in [1.807, 2.05) is 29.8 Å². The average molecular weight is 625 g/mol. The lowest BCUT2D eigenvalue weighted by atomic mass is 9.61. The van der Waals surface area contributed by atoms with Gasteiger partial charge in [-0.05, 0) is 85.6 Å². The molecule has 1 aliphatic carbocycles. The highest BCUT2D eigenvalue weighted by Crippen LogP contribution is 2.54. The van der Waals surface area contributed by atoms with E-state index < -0.39 is 5.41 Å². The molecule has 2 aromatic carbocycles. The molecular formula is C37H48N6O3. The first kappa shape index (κ1) is 32.0. The number of aromatic amines is 1. The second-order valence-electron chi connectivity index (χ2n) is 14.0. The zero-order valence-corrected chi connectivity index (χ0v) is 27.8. The van der Waals surface area contributed by atoms with Gasteiger partial charge < -0.3 is 4.74 Å². The standard InChI is InChI=1S/C37H48N6O3/c1-5-7-8-14-31-30(25-26-16-18-27(19-17-26)28-12-9-10-13-29(28)33-38-40-41-39-33)34(44)42-24-11-15-32(43(31)42)37(35(45)46-6-2)22-20-36(3,4)21-23-37/h9-10,12-13,16-19,32H,5-8,11,14-15,20-25H2,1-4H3,(H,38,39,40,41). The summed E-state index contributed by atoms with van der Waals surface area (Å²) in [6.07, 6.45) is 9.97. The fraction of sp³-hybridized carbons (Fsp3) is 0.541. The maximum atomic E-state index is 14.3. The third-order valence-electron chi connectivity index (χ3n) is 10.5. The van der Waals surface area contributed by atoms with E-state index in [0.29, 0.717) is 25.4 Å². The maximum absolute atomic E-state index is 14.3. The topological polar surface area (TPSA) is 108 Å². The van der Waals surface area contributed by atoms with E-state index in [9.17, 15) is 9.59 Å². The van der Waals surface area contributed by atoms with Crippen LogP contribution in [-0.4, -0.2) is 42.6 Å². The normalized spacial score (nSPS) is 18.7. The molecule has 1 N–H and O–H groups in total. The van der Waals surface area contributed by atoms with Crippen molar-refractivity contribution in [1.29, 1.82) is 0 Å². The highest BCUT2D eigenvalue weighted by atomic mass is 16.5. The zero-order chi connectivity index (χ0) is 32.3. The van der Waals surface area contributed by atoms with Crippen molar-refractivity contribution in [3.8, 4) is 22.5 Å². The molecule has 9 heteroatoms. The van der Waals surface area contributed by atoms with Gasteiger partial charge in [0.15, 0.2) is 0 Å². The number of benzene rings is 2. The van der Waals surface area contributed by atoms with E-state index in [1.54, 1.807) is 0 Å². The van der Waals surface area contributed by atoms with Gasteiger partial charge in [-0.1, -0.05) is 82.1 Å². The Morgan fingerprint density at radius 1 is 1.00 bits per heavy atom. The SMILES string of the molecule is CCCCCc1c(Cc2ccc(-c3ccccc3-c3nn[nH]n3)cc2)c(=O)n2n1C(C1(C(=O)OCC)CCC(C)(C)CC1)CCC2. The van der Waals surface area contributed by atoms with E-state index in [4.69, 9.17) is 4.74 Å². The minimum absolute atomic E-state index is 0.0708. The van der Waals surface area contributed by atoms with Crippen molar-refractivity contribution in [2.24, 2.45) is 10.8 Å². The van der Waals surface area contributed by atoms with Crippen molar-refractivity contribution in [3.05, 3.63) is 75.7 Å². The second-order valence-corrected chi connectivity index (χ2v) is 14.0. The molecule has 2 aliphatic rings. The number of H-pyrrole nitrogens is 1. The average Bonchev–Trinajstić information content (AvgIpc) is 3.69. The summed E-state index contributed by atoms with van der Waals surface area (Å²) in [7, 11) is 0. The van der Waals surface area contributed by atoms with Crippen molar-refractivity contribution in [3.63, 3.8) is 0 Å². The smallest absolute Gasteiger partial charge is 0.314 e. The number of hydrogen-bond donors (Lipinski definition) is 1. The number of esters is 1. The maximum Gasteiger partial charge on any atom is 0.314 e. The van der Waals surface area contributed by atoms with Crippen molar-refractivity contribution in [2.75, 3.05) is 6.61 Å². The molecule has 0 amide bonds. The summed E-state index contributed by atoms with van der Waals surface area (Å²) >= 11 is 0. The summed E-state index contributed by atoms with van der Waals surface area (Å²) < 4.78 is 10.1. The van der Waals surface area contributed by atoms with Crippen LogP contribution in [0.4, 0.5) is 0 Å². The highest BCUT2D eigenvalue weighted by molar-refractivity contribution is 5.80. The summed E-state index contributed by atoms with van der Waals surface area (Å²) in [5, 5.41) is 14.6. The Morgan fingerprint density at radius 2 is 1.74 bits per heavy atom. The lowest BCUT2D eigenvalue weighted by molar-refractivity contribution is -0.164. The monoisotopic (exact) mass is 624 g/mol. The molecule has 9 nitrogen and oxygen atoms in total. The van der Waals surface area contributed by atoms with E-state index in [-0.39, 0.29) is 23.0 Å². The fourth-order valence-electron chi connectivity index (χ4n) is 7.81. The molecule has 1 atom stereocenters. The lowest BCUT2D eigenvalue weighted by Gasteiger charge is -2.48. The lowest BCUT2D eigenvalue weighted by Crippen LogP contribution is -2.49. The van der Waals surface area contributed by atoms with Gasteiger partial charge in [0.05, 0.1) is 18.1 Å². The summed E-state index contributed by atoms with van der Waals surface area (Å²) in [6.45, 7) is 9.78. The number of carbonyl (C=O) groups excluding carboxylic acids is 1. The molecule has 1 saturated carbocycles. The number of nitrogens with one attached hydrogen (secondary N) is 1. The van der Waals surface area contributed by atoms with Crippen LogP contribution in [0.1, 0.15) is 108 Å². The van der Waals surface area contributed by atoms with Gasteiger partial charge >= 0.3 is 5.97 Å². The van der Waals surface area contributed by atoms with Gasteiger partial charge in [-0.25, -0.2) is 4.68 Å². The van der Waals surface area contributed by atoms with E-state index in [2.05, 4.69) is 76.4 Å². The van der Waals surface area contributed by atoms with Crippen LogP contribution in [0.2, 0.25) is 0 Å². The van der Waals surface area contributed by atoms with Crippen LogP contribution in [-0.2, 0) is 28.9 Å². The van der Waals surface area contributed by atoms with Crippen molar-refractivity contribution < 1.29 is 9.53 Å². The van der Waals surface area contributed by atoms with E-state index in [0.717, 1.165) is 97.7 Å². The molecule has 0 bridgehead atoms. The first-order chi connectivity index (χ1) is 22.3. The predicted molar refractivity (Wildman–Crippen MR) is 179 cm³/mol. The van der Waals surface area contributed by atoms with Crippen LogP contribution in [0.5, 0.6) is 0 Å². The van der Waals surface area contributed by atoms with Crippen LogP contribution >= 0.6 is 0 Å². The van der Waals surface area contributed by atoms with Gasteiger partial charge in [0, 0.05) is 29.8 Å². The molecule has 0 spiro atoms. The Kier molecular flexibility index (Phi) is 9.29. The van der Waals surface area contributed by atoms with Crippen molar-refractivity contribution in [2.45, 2.75) is 111 Å². The van der Waals surface area contributed by atoms with Gasteiger partial charge in [-0.15, -0.1) is 10.2 Å². The number of hydrogen-bond acceptors (Lipinski definition) is 6. The number of nitrogens with zero attached hydrogens (tertiary/aromatic N) is 5. The third-order valence-corrected chi connectivity index (χ3v) is 10.5. The molecule has 4 aromatic rings. The number of unbranched alkanes of at least 4 members (excludes halogenated alkanes) is 2. The molecule has 2 aromatic heterocycles. The number of carbonyl (C=O) groups is 1. The largest absolute Gasteiger partial charge is 0.466 e. The third kappa shape index (κ3) is 6.08. The quantitative estimate of drug-likeness (QED) is 0.139. The van der Waals surface area contributed by atoms with Crippen LogP contribution in [0, 0.1) is 10.8 Å². The van der Waals surface area contributed by atoms with Crippen LogP contribution in [0.25, 0.3) is 22.5 Å². The molecule has 244 valence electrons. The van der Waals surface area contributed by atoms with Gasteiger partial charge in [0.1, 0.15) is 0 Å². The molecule has 1 unspecified atom stereocenters. The molecule has 6 rings (SSSR count).